The molecule has 0 spiro atoms. The number of nitrogens with one attached hydrogen (secondary N) is 1. The highest BCUT2D eigenvalue weighted by Gasteiger charge is 2.29. The van der Waals surface area contributed by atoms with Crippen LogP contribution in [0.15, 0.2) is 95.9 Å². The molecule has 1 aliphatic heterocycles. The molecule has 1 heterocycles. The number of amides is 1. The number of nitrogens with zero attached hydrogens (tertiary/aromatic N) is 1. The fourth-order valence-electron chi connectivity index (χ4n) is 4.23. The number of rotatable bonds is 4. The van der Waals surface area contributed by atoms with Crippen LogP contribution >= 0.6 is 0 Å². The topological polar surface area (TPSA) is 66.5 Å². The summed E-state index contributed by atoms with van der Waals surface area (Å²) in [6.07, 6.45) is 1.48. The molecule has 0 unspecified atom stereocenters. The third-order valence-corrected chi connectivity index (χ3v) is 7.61. The van der Waals surface area contributed by atoms with Gasteiger partial charge in [-0.25, -0.2) is 8.42 Å². The molecule has 0 bridgehead atoms. The predicted octanol–water partition coefficient (Wildman–Crippen LogP) is 5.23. The molecule has 0 saturated carbocycles. The molecular weight excluding hydrogens is 420 g/mol. The monoisotopic (exact) mass is 442 g/mol. The maximum Gasteiger partial charge on any atom is 0.264 e. The van der Waals surface area contributed by atoms with Crippen LogP contribution in [-0.4, -0.2) is 20.9 Å². The van der Waals surface area contributed by atoms with Gasteiger partial charge in [0.2, 0.25) is 0 Å². The van der Waals surface area contributed by atoms with Crippen molar-refractivity contribution in [1.29, 1.82) is 0 Å². The molecule has 5 nitrogen and oxygen atoms in total. The van der Waals surface area contributed by atoms with Crippen LogP contribution in [0.2, 0.25) is 0 Å². The molecule has 0 aliphatic carbocycles. The number of aryl methyl sites for hydroxylation is 1. The van der Waals surface area contributed by atoms with E-state index < -0.39 is 10.0 Å². The Labute approximate surface area is 187 Å². The van der Waals surface area contributed by atoms with Gasteiger partial charge in [-0.05, 0) is 65.6 Å². The van der Waals surface area contributed by atoms with Crippen LogP contribution in [0.5, 0.6) is 0 Å². The lowest BCUT2D eigenvalue weighted by Crippen LogP contribution is -2.35. The van der Waals surface area contributed by atoms with E-state index in [4.69, 9.17) is 0 Å². The lowest BCUT2D eigenvalue weighted by atomic mass is 10.0. The van der Waals surface area contributed by atoms with E-state index in [1.165, 1.54) is 4.31 Å². The molecule has 4 aromatic rings. The van der Waals surface area contributed by atoms with Gasteiger partial charge in [0.05, 0.1) is 10.6 Å². The molecule has 0 atom stereocenters. The van der Waals surface area contributed by atoms with Gasteiger partial charge >= 0.3 is 0 Å². The van der Waals surface area contributed by atoms with E-state index in [1.54, 1.807) is 42.5 Å². The van der Waals surface area contributed by atoms with E-state index in [0.29, 0.717) is 23.5 Å². The van der Waals surface area contributed by atoms with Gasteiger partial charge in [0.25, 0.3) is 15.9 Å². The Balaban J connectivity index is 1.45. The number of carbonyl (C=O) groups excluding carboxylic acids is 1. The minimum atomic E-state index is -3.63. The highest BCUT2D eigenvalue weighted by atomic mass is 32.2. The van der Waals surface area contributed by atoms with Crippen molar-refractivity contribution < 1.29 is 13.2 Å². The summed E-state index contributed by atoms with van der Waals surface area (Å²) in [5.74, 6) is -0.189. The van der Waals surface area contributed by atoms with Crippen LogP contribution in [0.25, 0.3) is 10.8 Å². The van der Waals surface area contributed by atoms with Crippen LogP contribution in [0.3, 0.4) is 0 Å². The predicted molar refractivity (Wildman–Crippen MR) is 128 cm³/mol. The third kappa shape index (κ3) is 3.63. The van der Waals surface area contributed by atoms with Crippen LogP contribution < -0.4 is 9.62 Å². The first kappa shape index (κ1) is 20.3. The molecular formula is C26H22N2O3S. The van der Waals surface area contributed by atoms with Gasteiger partial charge in [0.15, 0.2) is 0 Å². The summed E-state index contributed by atoms with van der Waals surface area (Å²) >= 11 is 0. The Morgan fingerprint density at radius 3 is 2.44 bits per heavy atom. The van der Waals surface area contributed by atoms with Gasteiger partial charge in [-0.15, -0.1) is 0 Å². The maximum atomic E-state index is 13.2. The summed E-state index contributed by atoms with van der Waals surface area (Å²) in [7, 11) is -3.63. The molecule has 160 valence electrons. The highest BCUT2D eigenvalue weighted by Crippen LogP contribution is 2.34. The zero-order valence-corrected chi connectivity index (χ0v) is 18.2. The van der Waals surface area contributed by atoms with E-state index in [-0.39, 0.29) is 10.8 Å². The Morgan fingerprint density at radius 2 is 1.59 bits per heavy atom. The van der Waals surface area contributed by atoms with Gasteiger partial charge in [-0.1, -0.05) is 54.6 Å². The number of hydrogen-bond donors (Lipinski definition) is 1. The van der Waals surface area contributed by atoms with Crippen molar-refractivity contribution in [3.63, 3.8) is 0 Å². The second kappa shape index (κ2) is 8.13. The average Bonchev–Trinajstić information content (AvgIpc) is 2.83. The van der Waals surface area contributed by atoms with Crippen molar-refractivity contribution in [2.75, 3.05) is 16.2 Å². The van der Waals surface area contributed by atoms with Gasteiger partial charge in [0, 0.05) is 17.8 Å². The number of fused-ring (bicyclic) bond motifs is 2. The highest BCUT2D eigenvalue weighted by molar-refractivity contribution is 7.92. The smallest absolute Gasteiger partial charge is 0.264 e. The number of benzene rings is 4. The Bertz CT molecular complexity index is 1410. The Kier molecular flexibility index (Phi) is 5.15. The molecule has 1 amide bonds. The third-order valence-electron chi connectivity index (χ3n) is 5.78. The van der Waals surface area contributed by atoms with Crippen LogP contribution in [-0.2, 0) is 16.4 Å². The molecule has 0 radical (unpaired) electrons. The number of carbonyl (C=O) groups is 1. The van der Waals surface area contributed by atoms with E-state index in [9.17, 15) is 13.2 Å². The Hall–Kier alpha value is -3.64. The summed E-state index contributed by atoms with van der Waals surface area (Å²) in [5, 5.41) is 4.88. The zero-order chi connectivity index (χ0) is 22.1. The number of hydrogen-bond acceptors (Lipinski definition) is 3. The number of sulfonamides is 1. The molecule has 0 saturated heterocycles. The SMILES string of the molecule is O=C(Nc1ccc2c(c1)CCCN2S(=O)(=O)c1ccccc1)c1cccc2ccccc12. The van der Waals surface area contributed by atoms with Crippen molar-refractivity contribution in [1.82, 2.24) is 0 Å². The molecule has 0 fully saturated rings. The molecule has 0 aromatic heterocycles. The lowest BCUT2D eigenvalue weighted by molar-refractivity contribution is 0.102. The largest absolute Gasteiger partial charge is 0.322 e. The van der Waals surface area contributed by atoms with Crippen molar-refractivity contribution in [3.05, 3.63) is 102 Å². The van der Waals surface area contributed by atoms with Crippen molar-refractivity contribution in [2.45, 2.75) is 17.7 Å². The van der Waals surface area contributed by atoms with Crippen LogP contribution in [0, 0.1) is 0 Å². The van der Waals surface area contributed by atoms with Gasteiger partial charge in [-0.3, -0.25) is 9.10 Å². The average molecular weight is 443 g/mol. The van der Waals surface area contributed by atoms with Crippen molar-refractivity contribution in [2.24, 2.45) is 0 Å². The molecule has 5 rings (SSSR count). The van der Waals surface area contributed by atoms with E-state index in [2.05, 4.69) is 5.32 Å². The summed E-state index contributed by atoms with van der Waals surface area (Å²) in [5.41, 5.74) is 2.84. The maximum absolute atomic E-state index is 13.2. The normalized spacial score (nSPS) is 13.6. The molecule has 32 heavy (non-hydrogen) atoms. The zero-order valence-electron chi connectivity index (χ0n) is 17.4. The second-order valence-electron chi connectivity index (χ2n) is 7.82. The number of anilines is 2. The standard InChI is InChI=1S/C26H22N2O3S/c29-26(24-14-6-9-19-8-4-5-13-23(19)24)27-21-15-16-25-20(18-21)10-7-17-28(25)32(30,31)22-11-2-1-3-12-22/h1-6,8-9,11-16,18H,7,10,17H2,(H,27,29). The molecule has 1 N–H and O–H groups in total. The van der Waals surface area contributed by atoms with E-state index in [0.717, 1.165) is 29.2 Å². The van der Waals surface area contributed by atoms with Gasteiger partial charge in [0.1, 0.15) is 0 Å². The molecule has 6 heteroatoms. The first-order valence-corrected chi connectivity index (χ1v) is 12.0. The quantitative estimate of drug-likeness (QED) is 0.470. The van der Waals surface area contributed by atoms with Crippen molar-refractivity contribution in [3.8, 4) is 0 Å². The lowest BCUT2D eigenvalue weighted by Gasteiger charge is -2.31. The summed E-state index contributed by atoms with van der Waals surface area (Å²) in [6.45, 7) is 0.436. The fraction of sp³-hybridized carbons (Fsp3) is 0.115. The van der Waals surface area contributed by atoms with Crippen molar-refractivity contribution >= 4 is 38.1 Å². The fourth-order valence-corrected chi connectivity index (χ4v) is 5.79. The molecule has 1 aliphatic rings. The second-order valence-corrected chi connectivity index (χ2v) is 9.68. The summed E-state index contributed by atoms with van der Waals surface area (Å²) in [4.78, 5) is 13.3. The first-order chi connectivity index (χ1) is 15.5. The first-order valence-electron chi connectivity index (χ1n) is 10.5. The van der Waals surface area contributed by atoms with E-state index in [1.807, 2.05) is 48.5 Å². The van der Waals surface area contributed by atoms with Crippen LogP contribution in [0.4, 0.5) is 11.4 Å². The minimum Gasteiger partial charge on any atom is -0.322 e. The molecule has 4 aromatic carbocycles. The summed E-state index contributed by atoms with van der Waals surface area (Å²) in [6, 6.07) is 27.3. The Morgan fingerprint density at radius 1 is 0.844 bits per heavy atom. The minimum absolute atomic E-state index is 0.189. The van der Waals surface area contributed by atoms with Gasteiger partial charge in [-0.2, -0.15) is 0 Å². The summed E-state index contributed by atoms with van der Waals surface area (Å²) < 4.78 is 27.8. The van der Waals surface area contributed by atoms with Gasteiger partial charge < -0.3 is 5.32 Å². The van der Waals surface area contributed by atoms with E-state index >= 15 is 0 Å². The van der Waals surface area contributed by atoms with Crippen LogP contribution in [0.1, 0.15) is 22.3 Å².